The first-order chi connectivity index (χ1) is 12.0. The van der Waals surface area contributed by atoms with Crippen LogP contribution in [0.2, 0.25) is 0 Å². The lowest BCUT2D eigenvalue weighted by molar-refractivity contribution is -0.384. The molecule has 1 aromatic carbocycles. The van der Waals surface area contributed by atoms with Crippen molar-refractivity contribution in [3.63, 3.8) is 0 Å². The normalized spacial score (nSPS) is 11.3. The number of anilines is 1. The van der Waals surface area contributed by atoms with Crippen LogP contribution in [0.5, 0.6) is 0 Å². The van der Waals surface area contributed by atoms with Crippen LogP contribution in [0.1, 0.15) is 15.3 Å². The van der Waals surface area contributed by atoms with E-state index in [1.165, 1.54) is 28.7 Å². The predicted octanol–water partition coefficient (Wildman–Crippen LogP) is 5.21. The first-order valence-corrected chi connectivity index (χ1v) is 9.16. The van der Waals surface area contributed by atoms with E-state index >= 15 is 0 Å². The van der Waals surface area contributed by atoms with E-state index in [1.54, 1.807) is 25.1 Å². The summed E-state index contributed by atoms with van der Waals surface area (Å²) in [4.78, 5) is 25.3. The third-order valence-electron chi connectivity index (χ3n) is 3.46. The maximum Gasteiger partial charge on any atom is 0.293 e. The second-order valence-electron chi connectivity index (χ2n) is 5.28. The van der Waals surface area contributed by atoms with E-state index in [2.05, 4.69) is 5.32 Å². The third-order valence-corrected chi connectivity index (χ3v) is 5.18. The number of nitrogens with one attached hydrogen (secondary N) is 1. The van der Waals surface area contributed by atoms with Crippen LogP contribution in [0.4, 0.5) is 11.4 Å². The highest BCUT2D eigenvalue weighted by atomic mass is 32.1. The molecule has 0 aliphatic carbocycles. The topological polar surface area (TPSA) is 72.2 Å². The summed E-state index contributed by atoms with van der Waals surface area (Å²) in [6, 6.07) is 12.3. The van der Waals surface area contributed by atoms with Crippen LogP contribution in [0.25, 0.3) is 11.6 Å². The van der Waals surface area contributed by atoms with Crippen LogP contribution < -0.4 is 5.32 Å². The average Bonchev–Trinajstić information content (AvgIpc) is 3.27. The molecule has 0 saturated heterocycles. The first-order valence-electron chi connectivity index (χ1n) is 7.40. The molecule has 2 aromatic heterocycles. The highest BCUT2D eigenvalue weighted by molar-refractivity contribution is 7.12. The van der Waals surface area contributed by atoms with Gasteiger partial charge in [0, 0.05) is 15.8 Å². The Labute approximate surface area is 152 Å². The van der Waals surface area contributed by atoms with E-state index in [-0.39, 0.29) is 17.3 Å². The van der Waals surface area contributed by atoms with Gasteiger partial charge in [0.25, 0.3) is 11.6 Å². The van der Waals surface area contributed by atoms with Crippen LogP contribution in [-0.4, -0.2) is 10.8 Å². The summed E-state index contributed by atoms with van der Waals surface area (Å²) in [5, 5.41) is 17.8. The maximum atomic E-state index is 12.8. The van der Waals surface area contributed by atoms with Gasteiger partial charge < -0.3 is 5.32 Å². The van der Waals surface area contributed by atoms with E-state index in [9.17, 15) is 14.9 Å². The highest BCUT2D eigenvalue weighted by Gasteiger charge is 2.19. The smallest absolute Gasteiger partial charge is 0.293 e. The van der Waals surface area contributed by atoms with Crippen LogP contribution in [0, 0.1) is 17.0 Å². The molecule has 2 heterocycles. The van der Waals surface area contributed by atoms with Crippen molar-refractivity contribution in [1.29, 1.82) is 0 Å². The number of carbonyl (C=O) groups is 1. The monoisotopic (exact) mass is 370 g/mol. The van der Waals surface area contributed by atoms with Gasteiger partial charge in [-0.3, -0.25) is 14.9 Å². The Morgan fingerprint density at radius 1 is 1.16 bits per heavy atom. The molecule has 25 heavy (non-hydrogen) atoms. The van der Waals surface area contributed by atoms with Gasteiger partial charge in [0.05, 0.1) is 10.5 Å². The largest absolute Gasteiger partial charge is 0.316 e. The van der Waals surface area contributed by atoms with Crippen LogP contribution >= 0.6 is 22.7 Å². The summed E-state index contributed by atoms with van der Waals surface area (Å²) in [6.45, 7) is 1.77. The number of carbonyl (C=O) groups excluding carboxylic acids is 1. The van der Waals surface area contributed by atoms with Crippen LogP contribution in [-0.2, 0) is 4.79 Å². The van der Waals surface area contributed by atoms with Crippen molar-refractivity contribution in [3.8, 4) is 0 Å². The van der Waals surface area contributed by atoms with Gasteiger partial charge in [-0.15, -0.1) is 22.7 Å². The first kappa shape index (κ1) is 17.1. The number of benzene rings is 1. The lowest BCUT2D eigenvalue weighted by atomic mass is 10.1. The minimum Gasteiger partial charge on any atom is -0.316 e. The molecular formula is C18H14N2O3S2. The fourth-order valence-corrected chi connectivity index (χ4v) is 3.68. The Balaban J connectivity index is 1.96. The Bertz CT molecular complexity index is 929. The zero-order valence-corrected chi connectivity index (χ0v) is 14.9. The van der Waals surface area contributed by atoms with Crippen molar-refractivity contribution in [2.75, 3.05) is 5.32 Å². The predicted molar refractivity (Wildman–Crippen MR) is 103 cm³/mol. The fourth-order valence-electron chi connectivity index (χ4n) is 2.28. The van der Waals surface area contributed by atoms with Crippen molar-refractivity contribution in [2.45, 2.75) is 6.92 Å². The summed E-state index contributed by atoms with van der Waals surface area (Å²) in [6.07, 6.45) is 1.80. The van der Waals surface area contributed by atoms with Crippen molar-refractivity contribution < 1.29 is 9.72 Å². The third kappa shape index (κ3) is 4.01. The van der Waals surface area contributed by atoms with Crippen LogP contribution in [0.3, 0.4) is 0 Å². The maximum absolute atomic E-state index is 12.8. The molecule has 0 atom stereocenters. The fraction of sp³-hybridized carbons (Fsp3) is 0.0556. The number of nitro groups is 1. The van der Waals surface area contributed by atoms with Crippen molar-refractivity contribution in [1.82, 2.24) is 0 Å². The Morgan fingerprint density at radius 3 is 2.56 bits per heavy atom. The van der Waals surface area contributed by atoms with E-state index in [0.29, 0.717) is 5.57 Å². The van der Waals surface area contributed by atoms with Crippen LogP contribution in [0.15, 0.2) is 53.2 Å². The number of rotatable bonds is 5. The van der Waals surface area contributed by atoms with Gasteiger partial charge in [0.1, 0.15) is 5.69 Å². The molecule has 1 N–H and O–H groups in total. The Kier molecular flexibility index (Phi) is 5.06. The average molecular weight is 370 g/mol. The van der Waals surface area contributed by atoms with E-state index < -0.39 is 4.92 Å². The molecule has 0 saturated carbocycles. The lowest BCUT2D eigenvalue weighted by Crippen LogP contribution is -2.14. The van der Waals surface area contributed by atoms with Crippen molar-refractivity contribution in [3.05, 3.63) is 78.7 Å². The number of nitro benzene ring substituents is 1. The van der Waals surface area contributed by atoms with Gasteiger partial charge in [0.15, 0.2) is 0 Å². The number of nitrogens with zero attached hydrogens (tertiary/aromatic N) is 1. The molecule has 0 fully saturated rings. The van der Waals surface area contributed by atoms with E-state index in [4.69, 9.17) is 0 Å². The van der Waals surface area contributed by atoms with Gasteiger partial charge in [0.2, 0.25) is 0 Å². The number of thiophene rings is 2. The number of hydrogen-bond acceptors (Lipinski definition) is 5. The van der Waals surface area contributed by atoms with Crippen molar-refractivity contribution in [2.24, 2.45) is 0 Å². The minimum atomic E-state index is -0.490. The molecule has 0 radical (unpaired) electrons. The molecular weight excluding hydrogens is 356 g/mol. The molecule has 0 unspecified atom stereocenters. The van der Waals surface area contributed by atoms with Gasteiger partial charge in [-0.1, -0.05) is 18.2 Å². The molecule has 7 heteroatoms. The highest BCUT2D eigenvalue weighted by Crippen LogP contribution is 2.29. The minimum absolute atomic E-state index is 0.116. The summed E-state index contributed by atoms with van der Waals surface area (Å²) < 4.78 is 0. The van der Waals surface area contributed by atoms with Gasteiger partial charge in [-0.2, -0.15) is 0 Å². The molecule has 0 aliphatic heterocycles. The molecule has 126 valence electrons. The lowest BCUT2D eigenvalue weighted by Gasteiger charge is -2.09. The number of amides is 1. The second-order valence-corrected chi connectivity index (χ2v) is 7.21. The molecule has 3 rings (SSSR count). The Morgan fingerprint density at radius 2 is 1.92 bits per heavy atom. The van der Waals surface area contributed by atoms with Crippen molar-refractivity contribution >= 4 is 51.6 Å². The summed E-state index contributed by atoms with van der Waals surface area (Å²) in [7, 11) is 0. The standard InChI is InChI=1S/C18H14N2O3S2/c1-12-6-7-15(16(10-12)20(22)23)19-18(21)14(17-5-3-9-25-17)11-13-4-2-8-24-13/h2-11H,1H3,(H,19,21). The zero-order valence-electron chi connectivity index (χ0n) is 13.3. The van der Waals surface area contributed by atoms with E-state index in [1.807, 2.05) is 35.0 Å². The molecule has 3 aromatic rings. The summed E-state index contributed by atoms with van der Waals surface area (Å²) in [5.74, 6) is -0.372. The summed E-state index contributed by atoms with van der Waals surface area (Å²) in [5.41, 5.74) is 1.31. The molecule has 0 aliphatic rings. The molecule has 1 amide bonds. The quantitative estimate of drug-likeness (QED) is 0.381. The zero-order chi connectivity index (χ0) is 17.8. The number of hydrogen-bond donors (Lipinski definition) is 1. The second kappa shape index (κ2) is 7.42. The summed E-state index contributed by atoms with van der Waals surface area (Å²) >= 11 is 2.97. The van der Waals surface area contributed by atoms with Gasteiger partial charge >= 0.3 is 0 Å². The van der Waals surface area contributed by atoms with Gasteiger partial charge in [-0.05, 0) is 47.5 Å². The SMILES string of the molecule is Cc1ccc(NC(=O)C(=Cc2cccs2)c2cccs2)c([N+](=O)[O-])c1. The van der Waals surface area contributed by atoms with Gasteiger partial charge in [-0.25, -0.2) is 0 Å². The van der Waals surface area contributed by atoms with E-state index in [0.717, 1.165) is 15.3 Å². The molecule has 0 spiro atoms. The molecule has 0 bridgehead atoms. The number of aryl methyl sites for hydroxylation is 1. The Hall–Kier alpha value is -2.77. The molecule has 5 nitrogen and oxygen atoms in total.